The van der Waals surface area contributed by atoms with Gasteiger partial charge in [0.15, 0.2) is 0 Å². The molecule has 0 unspecified atom stereocenters. The van der Waals surface area contributed by atoms with Gasteiger partial charge in [-0.3, -0.25) is 0 Å². The molecule has 90 valence electrons. The SMILES string of the molecule is FC(F)Oc1ccc(-c2noc(CCl)n2)cc1. The van der Waals surface area contributed by atoms with E-state index < -0.39 is 6.61 Å². The maximum atomic E-state index is 11.9. The van der Waals surface area contributed by atoms with Crippen molar-refractivity contribution in [3.05, 3.63) is 30.2 Å². The van der Waals surface area contributed by atoms with E-state index in [4.69, 9.17) is 16.1 Å². The molecule has 0 aliphatic carbocycles. The Balaban J connectivity index is 2.17. The van der Waals surface area contributed by atoms with E-state index in [1.165, 1.54) is 12.1 Å². The van der Waals surface area contributed by atoms with Crippen LogP contribution in [0.25, 0.3) is 11.4 Å². The highest BCUT2D eigenvalue weighted by Crippen LogP contribution is 2.21. The Labute approximate surface area is 100 Å². The van der Waals surface area contributed by atoms with Gasteiger partial charge in [0, 0.05) is 5.56 Å². The van der Waals surface area contributed by atoms with Crippen LogP contribution >= 0.6 is 11.6 Å². The first kappa shape index (κ1) is 11.8. The number of alkyl halides is 3. The van der Waals surface area contributed by atoms with Gasteiger partial charge in [0.2, 0.25) is 11.7 Å². The number of rotatable bonds is 4. The molecular weight excluding hydrogens is 254 g/mol. The van der Waals surface area contributed by atoms with Crippen molar-refractivity contribution < 1.29 is 18.0 Å². The van der Waals surface area contributed by atoms with E-state index in [0.717, 1.165) is 0 Å². The van der Waals surface area contributed by atoms with Crippen LogP contribution in [0.15, 0.2) is 28.8 Å². The summed E-state index contributed by atoms with van der Waals surface area (Å²) in [5.41, 5.74) is 0.631. The summed E-state index contributed by atoms with van der Waals surface area (Å²) in [5, 5.41) is 3.69. The van der Waals surface area contributed by atoms with Crippen molar-refractivity contribution in [1.82, 2.24) is 10.1 Å². The van der Waals surface area contributed by atoms with E-state index in [1.54, 1.807) is 12.1 Å². The molecule has 0 spiro atoms. The maximum Gasteiger partial charge on any atom is 0.387 e. The first-order chi connectivity index (χ1) is 8.19. The molecule has 4 nitrogen and oxygen atoms in total. The minimum absolute atomic E-state index is 0.0739. The smallest absolute Gasteiger partial charge is 0.387 e. The van der Waals surface area contributed by atoms with Crippen LogP contribution in [-0.4, -0.2) is 16.8 Å². The zero-order valence-electron chi connectivity index (χ0n) is 8.44. The first-order valence-corrected chi connectivity index (χ1v) is 5.16. The lowest BCUT2D eigenvalue weighted by Gasteiger charge is -2.03. The Morgan fingerprint density at radius 1 is 1.29 bits per heavy atom. The minimum atomic E-state index is -2.84. The molecule has 1 aromatic heterocycles. The van der Waals surface area contributed by atoms with Crippen molar-refractivity contribution in [2.45, 2.75) is 12.5 Å². The number of hydrogen-bond acceptors (Lipinski definition) is 4. The van der Waals surface area contributed by atoms with Crippen molar-refractivity contribution in [2.75, 3.05) is 0 Å². The Bertz CT molecular complexity index is 487. The number of halogens is 3. The summed E-state index contributed by atoms with van der Waals surface area (Å²) in [6, 6.07) is 5.91. The molecule has 0 fully saturated rings. The largest absolute Gasteiger partial charge is 0.435 e. The van der Waals surface area contributed by atoms with Gasteiger partial charge >= 0.3 is 6.61 Å². The zero-order valence-corrected chi connectivity index (χ0v) is 9.19. The molecule has 1 aromatic carbocycles. The van der Waals surface area contributed by atoms with E-state index >= 15 is 0 Å². The van der Waals surface area contributed by atoms with Crippen molar-refractivity contribution in [1.29, 1.82) is 0 Å². The molecule has 0 N–H and O–H groups in total. The lowest BCUT2D eigenvalue weighted by Crippen LogP contribution is -2.01. The molecule has 0 saturated carbocycles. The molecule has 2 aromatic rings. The van der Waals surface area contributed by atoms with Crippen LogP contribution in [0, 0.1) is 0 Å². The maximum absolute atomic E-state index is 11.9. The fraction of sp³-hybridized carbons (Fsp3) is 0.200. The summed E-state index contributed by atoms with van der Waals surface area (Å²) >= 11 is 5.51. The highest BCUT2D eigenvalue weighted by molar-refractivity contribution is 6.16. The first-order valence-electron chi connectivity index (χ1n) is 4.63. The average Bonchev–Trinajstić information content (AvgIpc) is 2.78. The molecule has 17 heavy (non-hydrogen) atoms. The monoisotopic (exact) mass is 260 g/mol. The fourth-order valence-corrected chi connectivity index (χ4v) is 1.32. The van der Waals surface area contributed by atoms with E-state index in [9.17, 15) is 8.78 Å². The van der Waals surface area contributed by atoms with Crippen LogP contribution in [0.1, 0.15) is 5.89 Å². The predicted molar refractivity (Wildman–Crippen MR) is 55.9 cm³/mol. The normalized spacial score (nSPS) is 10.8. The topological polar surface area (TPSA) is 48.2 Å². The summed E-state index contributed by atoms with van der Waals surface area (Å²) < 4.78 is 32.9. The van der Waals surface area contributed by atoms with Gasteiger partial charge in [-0.15, -0.1) is 11.6 Å². The molecule has 0 saturated heterocycles. The van der Waals surface area contributed by atoms with Crippen molar-refractivity contribution >= 4 is 11.6 Å². The quantitative estimate of drug-likeness (QED) is 0.793. The fourth-order valence-electron chi connectivity index (χ4n) is 1.21. The summed E-state index contributed by atoms with van der Waals surface area (Å²) in [5.74, 6) is 0.850. The van der Waals surface area contributed by atoms with E-state index in [0.29, 0.717) is 17.3 Å². The third-order valence-electron chi connectivity index (χ3n) is 1.92. The molecule has 0 atom stereocenters. The van der Waals surface area contributed by atoms with Gasteiger partial charge in [-0.05, 0) is 24.3 Å². The van der Waals surface area contributed by atoms with Gasteiger partial charge in [0.1, 0.15) is 11.6 Å². The van der Waals surface area contributed by atoms with Crippen molar-refractivity contribution in [3.63, 3.8) is 0 Å². The van der Waals surface area contributed by atoms with Crippen LogP contribution in [0.4, 0.5) is 8.78 Å². The molecule has 2 rings (SSSR count). The van der Waals surface area contributed by atoms with Gasteiger partial charge in [0.05, 0.1) is 0 Å². The average molecular weight is 261 g/mol. The Morgan fingerprint density at radius 2 is 2.00 bits per heavy atom. The molecule has 0 aliphatic heterocycles. The molecular formula is C10H7ClF2N2O2. The third kappa shape index (κ3) is 2.91. The number of ether oxygens (including phenoxy) is 1. The van der Waals surface area contributed by atoms with E-state index in [2.05, 4.69) is 14.9 Å². The second-order valence-electron chi connectivity index (χ2n) is 3.05. The number of hydrogen-bond donors (Lipinski definition) is 0. The number of aromatic nitrogens is 2. The van der Waals surface area contributed by atoms with Crippen LogP contribution < -0.4 is 4.74 Å². The molecule has 0 radical (unpaired) electrons. The lowest BCUT2D eigenvalue weighted by molar-refractivity contribution is -0.0498. The molecule has 7 heteroatoms. The standard InChI is InChI=1S/C10H7ClF2N2O2/c11-5-8-14-9(15-17-8)6-1-3-7(4-2-6)16-10(12)13/h1-4,10H,5H2. The third-order valence-corrected chi connectivity index (χ3v) is 2.15. The highest BCUT2D eigenvalue weighted by Gasteiger charge is 2.09. The number of benzene rings is 1. The van der Waals surface area contributed by atoms with Gasteiger partial charge < -0.3 is 9.26 Å². The lowest BCUT2D eigenvalue weighted by atomic mass is 10.2. The zero-order chi connectivity index (χ0) is 12.3. The Kier molecular flexibility index (Phi) is 3.53. The molecule has 1 heterocycles. The second kappa shape index (κ2) is 5.09. The molecule has 0 bridgehead atoms. The van der Waals surface area contributed by atoms with Crippen molar-refractivity contribution in [2.24, 2.45) is 0 Å². The Hall–Kier alpha value is -1.69. The van der Waals surface area contributed by atoms with Crippen LogP contribution in [0.2, 0.25) is 0 Å². The van der Waals surface area contributed by atoms with Gasteiger partial charge in [-0.25, -0.2) is 0 Å². The van der Waals surface area contributed by atoms with Crippen LogP contribution in [-0.2, 0) is 5.88 Å². The van der Waals surface area contributed by atoms with E-state index in [1.807, 2.05) is 0 Å². The van der Waals surface area contributed by atoms with E-state index in [-0.39, 0.29) is 11.6 Å². The van der Waals surface area contributed by atoms with Gasteiger partial charge in [-0.2, -0.15) is 13.8 Å². The molecule has 0 amide bonds. The Morgan fingerprint density at radius 3 is 2.53 bits per heavy atom. The summed E-state index contributed by atoms with van der Waals surface area (Å²) in [7, 11) is 0. The second-order valence-corrected chi connectivity index (χ2v) is 3.32. The molecule has 0 aliphatic rings. The summed E-state index contributed by atoms with van der Waals surface area (Å²) in [6.07, 6.45) is 0. The summed E-state index contributed by atoms with van der Waals surface area (Å²) in [4.78, 5) is 3.99. The highest BCUT2D eigenvalue weighted by atomic mass is 35.5. The van der Waals surface area contributed by atoms with Gasteiger partial charge in [0.25, 0.3) is 0 Å². The van der Waals surface area contributed by atoms with Crippen molar-refractivity contribution in [3.8, 4) is 17.1 Å². The van der Waals surface area contributed by atoms with Crippen LogP contribution in [0.3, 0.4) is 0 Å². The predicted octanol–water partition coefficient (Wildman–Crippen LogP) is 3.08. The van der Waals surface area contributed by atoms with Gasteiger partial charge in [-0.1, -0.05) is 5.16 Å². The summed E-state index contributed by atoms with van der Waals surface area (Å²) in [6.45, 7) is -2.84. The number of nitrogens with zero attached hydrogens (tertiary/aromatic N) is 2. The van der Waals surface area contributed by atoms with Crippen LogP contribution in [0.5, 0.6) is 5.75 Å². The minimum Gasteiger partial charge on any atom is -0.435 e.